The van der Waals surface area contributed by atoms with Gasteiger partial charge in [-0.05, 0) is 48.4 Å². The first kappa shape index (κ1) is 25.6. The summed E-state index contributed by atoms with van der Waals surface area (Å²) in [5.41, 5.74) is -0.518. The van der Waals surface area contributed by atoms with Crippen LogP contribution in [0.4, 0.5) is 22.0 Å². The monoisotopic (exact) mass is 553 g/mol. The van der Waals surface area contributed by atoms with Crippen LogP contribution in [0.1, 0.15) is 24.7 Å². The Bertz CT molecular complexity index is 1560. The van der Waals surface area contributed by atoms with Crippen molar-refractivity contribution in [2.75, 3.05) is 0 Å². The number of nitrogens with one attached hydrogen (secondary N) is 2. The maximum absolute atomic E-state index is 14.9. The Labute approximate surface area is 215 Å². The lowest BCUT2D eigenvalue weighted by atomic mass is 10.1. The topological polar surface area (TPSA) is 107 Å². The van der Waals surface area contributed by atoms with Crippen molar-refractivity contribution in [3.05, 3.63) is 58.9 Å². The number of amides is 2. The summed E-state index contributed by atoms with van der Waals surface area (Å²) in [5.74, 6) is -3.69. The highest BCUT2D eigenvalue weighted by molar-refractivity contribution is 6.38. The lowest BCUT2D eigenvalue weighted by molar-refractivity contribution is -0.175. The molecule has 2 amide bonds. The standard InChI is InChI=1S/C23H17ClF5N7O2/c1-35-33-19(32-34-35)17-16(24)14-10-12(25)4-7-15(14)36(17)13-5-2-11(3-6-13)18(26)30-20(37)22(8-9-22)31-21(38)23(27,28)29/h2-7,10,18H,8-9H2,1H3,(H,30,37)(H,31,38). The van der Waals surface area contributed by atoms with Crippen LogP contribution in [0.3, 0.4) is 0 Å². The van der Waals surface area contributed by atoms with E-state index in [4.69, 9.17) is 11.6 Å². The van der Waals surface area contributed by atoms with Crippen molar-refractivity contribution in [2.45, 2.75) is 30.9 Å². The molecule has 2 N–H and O–H groups in total. The van der Waals surface area contributed by atoms with E-state index in [2.05, 4.69) is 15.4 Å². The van der Waals surface area contributed by atoms with E-state index >= 15 is 0 Å². The van der Waals surface area contributed by atoms with E-state index in [0.717, 1.165) is 0 Å². The molecule has 1 aliphatic carbocycles. The van der Waals surface area contributed by atoms with Crippen LogP contribution in [-0.2, 0) is 16.6 Å². The summed E-state index contributed by atoms with van der Waals surface area (Å²) in [5, 5.41) is 16.2. The number of hydrogen-bond acceptors (Lipinski definition) is 5. The first-order valence-electron chi connectivity index (χ1n) is 11.1. The summed E-state index contributed by atoms with van der Waals surface area (Å²) in [6.07, 6.45) is -7.34. The summed E-state index contributed by atoms with van der Waals surface area (Å²) in [4.78, 5) is 24.9. The molecule has 2 aromatic carbocycles. The summed E-state index contributed by atoms with van der Waals surface area (Å²) in [6.45, 7) is 0. The fourth-order valence-corrected chi connectivity index (χ4v) is 4.34. The number of benzene rings is 2. The minimum Gasteiger partial charge on any atom is -0.334 e. The zero-order valence-corrected chi connectivity index (χ0v) is 20.1. The molecule has 1 fully saturated rings. The first-order valence-corrected chi connectivity index (χ1v) is 11.5. The van der Waals surface area contributed by atoms with Crippen molar-refractivity contribution in [1.82, 2.24) is 35.4 Å². The van der Waals surface area contributed by atoms with Crippen LogP contribution in [-0.4, -0.2) is 48.3 Å². The highest BCUT2D eigenvalue weighted by atomic mass is 35.5. The van der Waals surface area contributed by atoms with E-state index in [-0.39, 0.29) is 29.3 Å². The molecule has 2 aromatic heterocycles. The quantitative estimate of drug-likeness (QED) is 0.278. The molecule has 9 nitrogen and oxygen atoms in total. The van der Waals surface area contributed by atoms with Crippen molar-refractivity contribution < 1.29 is 31.5 Å². The predicted molar refractivity (Wildman–Crippen MR) is 124 cm³/mol. The Morgan fingerprint density at radius 2 is 1.82 bits per heavy atom. The number of nitrogens with zero attached hydrogens (tertiary/aromatic N) is 5. The third-order valence-corrected chi connectivity index (χ3v) is 6.47. The molecule has 15 heteroatoms. The van der Waals surface area contributed by atoms with Gasteiger partial charge in [-0.15, -0.1) is 10.2 Å². The van der Waals surface area contributed by atoms with E-state index in [1.807, 2.05) is 5.32 Å². The summed E-state index contributed by atoms with van der Waals surface area (Å²) in [7, 11) is 1.56. The van der Waals surface area contributed by atoms with Gasteiger partial charge in [0.05, 0.1) is 17.6 Å². The Kier molecular flexibility index (Phi) is 6.09. The lowest BCUT2D eigenvalue weighted by Gasteiger charge is -2.20. The predicted octanol–water partition coefficient (Wildman–Crippen LogP) is 3.91. The van der Waals surface area contributed by atoms with Gasteiger partial charge in [0.1, 0.15) is 17.1 Å². The second-order valence-electron chi connectivity index (χ2n) is 8.72. The fraction of sp³-hybridized carbons (Fsp3) is 0.261. The molecule has 198 valence electrons. The molecular formula is C23H17ClF5N7O2. The fourth-order valence-electron chi connectivity index (χ4n) is 4.02. The van der Waals surface area contributed by atoms with Crippen LogP contribution in [0.2, 0.25) is 5.02 Å². The van der Waals surface area contributed by atoms with E-state index in [1.54, 1.807) is 16.9 Å². The zero-order chi connectivity index (χ0) is 27.4. The van der Waals surface area contributed by atoms with Crippen molar-refractivity contribution in [2.24, 2.45) is 7.05 Å². The second-order valence-corrected chi connectivity index (χ2v) is 9.10. The van der Waals surface area contributed by atoms with Gasteiger partial charge < -0.3 is 15.2 Å². The van der Waals surface area contributed by atoms with Crippen molar-refractivity contribution in [3.8, 4) is 17.2 Å². The molecule has 0 radical (unpaired) electrons. The zero-order valence-electron chi connectivity index (χ0n) is 19.4. The molecule has 0 spiro atoms. The van der Waals surface area contributed by atoms with Crippen LogP contribution in [0.25, 0.3) is 28.1 Å². The van der Waals surface area contributed by atoms with Gasteiger partial charge in [0.2, 0.25) is 11.7 Å². The lowest BCUT2D eigenvalue weighted by Crippen LogP contribution is -2.52. The molecule has 1 unspecified atom stereocenters. The highest BCUT2D eigenvalue weighted by Crippen LogP contribution is 2.39. The van der Waals surface area contributed by atoms with E-state index < -0.39 is 35.6 Å². The molecule has 1 aliphatic rings. The molecule has 2 heterocycles. The van der Waals surface area contributed by atoms with Gasteiger partial charge in [0.25, 0.3) is 0 Å². The minimum atomic E-state index is -5.17. The molecule has 5 rings (SSSR count). The summed E-state index contributed by atoms with van der Waals surface area (Å²) < 4.78 is 68.2. The van der Waals surface area contributed by atoms with Crippen molar-refractivity contribution >= 4 is 34.3 Å². The largest absolute Gasteiger partial charge is 0.471 e. The molecule has 0 bridgehead atoms. The van der Waals surface area contributed by atoms with E-state index in [1.165, 1.54) is 47.3 Å². The normalized spacial score (nSPS) is 15.3. The smallest absolute Gasteiger partial charge is 0.334 e. The molecule has 38 heavy (non-hydrogen) atoms. The highest BCUT2D eigenvalue weighted by Gasteiger charge is 2.55. The van der Waals surface area contributed by atoms with E-state index in [9.17, 15) is 31.5 Å². The van der Waals surface area contributed by atoms with Gasteiger partial charge >= 0.3 is 12.1 Å². The number of fused-ring (bicyclic) bond motifs is 1. The Morgan fingerprint density at radius 3 is 2.39 bits per heavy atom. The number of tetrazole rings is 1. The van der Waals surface area contributed by atoms with Crippen LogP contribution in [0.5, 0.6) is 0 Å². The molecule has 0 saturated heterocycles. The number of aromatic nitrogens is 5. The Hall–Kier alpha value is -4.07. The molecule has 4 aromatic rings. The van der Waals surface area contributed by atoms with Gasteiger partial charge in [-0.2, -0.15) is 18.0 Å². The van der Waals surface area contributed by atoms with E-state index in [0.29, 0.717) is 22.3 Å². The van der Waals surface area contributed by atoms with Gasteiger partial charge in [-0.25, -0.2) is 8.78 Å². The molecular weight excluding hydrogens is 537 g/mol. The Morgan fingerprint density at radius 1 is 1.13 bits per heavy atom. The number of rotatable bonds is 6. The van der Waals surface area contributed by atoms with Gasteiger partial charge in [0, 0.05) is 16.6 Å². The first-order chi connectivity index (χ1) is 17.9. The third-order valence-electron chi connectivity index (χ3n) is 6.08. The minimum absolute atomic E-state index is 0.00664. The van der Waals surface area contributed by atoms with Crippen LogP contribution >= 0.6 is 11.6 Å². The SMILES string of the molecule is Cn1nnc(-c2c(Cl)c3cc(F)ccc3n2-c2ccc(C(F)NC(=O)C3(NC(=O)C(F)(F)F)CC3)cc2)n1. The molecule has 1 atom stereocenters. The molecule has 0 aliphatic heterocycles. The van der Waals surface area contributed by atoms with Gasteiger partial charge in [-0.1, -0.05) is 23.7 Å². The molecule has 1 saturated carbocycles. The summed E-state index contributed by atoms with van der Waals surface area (Å²) in [6, 6.07) is 9.72. The number of halogens is 6. The van der Waals surface area contributed by atoms with Gasteiger partial charge in [0.15, 0.2) is 6.30 Å². The maximum atomic E-state index is 14.9. The van der Waals surface area contributed by atoms with Crippen molar-refractivity contribution in [3.63, 3.8) is 0 Å². The number of alkyl halides is 4. The number of carbonyl (C=O) groups is 2. The van der Waals surface area contributed by atoms with Crippen LogP contribution < -0.4 is 10.6 Å². The van der Waals surface area contributed by atoms with Crippen molar-refractivity contribution in [1.29, 1.82) is 0 Å². The number of carbonyl (C=O) groups excluding carboxylic acids is 2. The number of aryl methyl sites for hydroxylation is 1. The summed E-state index contributed by atoms with van der Waals surface area (Å²) >= 11 is 6.57. The number of hydrogen-bond donors (Lipinski definition) is 2. The average molecular weight is 554 g/mol. The second kappa shape index (κ2) is 9.04. The van der Waals surface area contributed by atoms with Crippen LogP contribution in [0.15, 0.2) is 42.5 Å². The third kappa shape index (κ3) is 4.55. The Balaban J connectivity index is 1.42. The van der Waals surface area contributed by atoms with Gasteiger partial charge in [-0.3, -0.25) is 9.59 Å². The average Bonchev–Trinajstić information content (AvgIpc) is 3.44. The van der Waals surface area contributed by atoms with Crippen LogP contribution in [0, 0.1) is 5.82 Å². The maximum Gasteiger partial charge on any atom is 0.471 e.